The third kappa shape index (κ3) is 26.1. The molecule has 2 heteroatoms. The maximum atomic E-state index is 11.9. The lowest BCUT2D eigenvalue weighted by Gasteiger charge is -2.17. The van der Waals surface area contributed by atoms with Crippen LogP contribution in [0.5, 0.6) is 0 Å². The quantitative estimate of drug-likeness (QED) is 0.112. The minimum absolute atomic E-state index is 0.511. The molecule has 0 radical (unpaired) electrons. The van der Waals surface area contributed by atoms with Gasteiger partial charge in [0, 0.05) is 12.8 Å². The molecule has 198 valence electrons. The summed E-state index contributed by atoms with van der Waals surface area (Å²) in [7, 11) is 4.37. The minimum Gasteiger partial charge on any atom is -0.309 e. The number of Topliss-reactive ketones (excluding diaryl/α,β-unsaturated/α-hetero) is 1. The van der Waals surface area contributed by atoms with Crippen LogP contribution in [0.4, 0.5) is 0 Å². The number of unbranched alkanes of at least 4 members (excludes halogenated alkanes) is 15. The molecule has 0 rings (SSSR count). The second kappa shape index (κ2) is 26.2. The van der Waals surface area contributed by atoms with Crippen molar-refractivity contribution in [2.75, 3.05) is 20.6 Å². The zero-order valence-corrected chi connectivity index (χ0v) is 23.6. The molecule has 0 aliphatic carbocycles. The second-order valence-electron chi connectivity index (χ2n) is 11.1. The van der Waals surface area contributed by atoms with Gasteiger partial charge in [0.2, 0.25) is 0 Å². The number of carbonyl (C=O) groups excluding carboxylic acids is 1. The van der Waals surface area contributed by atoms with Crippen LogP contribution in [0.25, 0.3) is 0 Å². The van der Waals surface area contributed by atoms with Crippen LogP contribution >= 0.6 is 0 Å². The summed E-state index contributed by atoms with van der Waals surface area (Å²) in [4.78, 5) is 14.2. The first-order chi connectivity index (χ1) is 16.1. The normalized spacial score (nSPS) is 12.5. The highest BCUT2D eigenvalue weighted by Crippen LogP contribution is 2.23. The molecule has 0 N–H and O–H groups in total. The number of hydrogen-bond acceptors (Lipinski definition) is 2. The predicted octanol–water partition coefficient (Wildman–Crippen LogP) is 10.1. The molecule has 0 saturated carbocycles. The van der Waals surface area contributed by atoms with Gasteiger partial charge in [0.05, 0.1) is 0 Å². The van der Waals surface area contributed by atoms with Gasteiger partial charge < -0.3 is 4.90 Å². The first-order valence-corrected chi connectivity index (χ1v) is 15.3. The molecular formula is C31H63NO. The SMILES string of the molecule is CCCCCCCC(=O)CCCCCCCCCCCC(CCCC)CCCCCN(C)C. The maximum Gasteiger partial charge on any atom is 0.132 e. The largest absolute Gasteiger partial charge is 0.309 e. The van der Waals surface area contributed by atoms with Crippen LogP contribution in [0.3, 0.4) is 0 Å². The zero-order valence-electron chi connectivity index (χ0n) is 23.6. The molecule has 0 amide bonds. The van der Waals surface area contributed by atoms with E-state index in [1.54, 1.807) is 0 Å². The molecular weight excluding hydrogens is 402 g/mol. The lowest BCUT2D eigenvalue weighted by atomic mass is 9.90. The molecule has 0 aromatic heterocycles. The van der Waals surface area contributed by atoms with Gasteiger partial charge in [0.1, 0.15) is 5.78 Å². The fraction of sp³-hybridized carbons (Fsp3) is 0.968. The van der Waals surface area contributed by atoms with Gasteiger partial charge in [-0.05, 0) is 45.8 Å². The topological polar surface area (TPSA) is 20.3 Å². The molecule has 0 heterocycles. The lowest BCUT2D eigenvalue weighted by molar-refractivity contribution is -0.119. The van der Waals surface area contributed by atoms with Gasteiger partial charge >= 0.3 is 0 Å². The molecule has 33 heavy (non-hydrogen) atoms. The smallest absolute Gasteiger partial charge is 0.132 e. The van der Waals surface area contributed by atoms with Crippen LogP contribution in [0.15, 0.2) is 0 Å². The molecule has 0 aromatic rings. The Morgan fingerprint density at radius 3 is 1.39 bits per heavy atom. The first kappa shape index (κ1) is 32.6. The van der Waals surface area contributed by atoms with Crippen molar-refractivity contribution < 1.29 is 4.79 Å². The molecule has 0 spiro atoms. The van der Waals surface area contributed by atoms with E-state index in [0.29, 0.717) is 5.78 Å². The highest BCUT2D eigenvalue weighted by atomic mass is 16.1. The predicted molar refractivity (Wildman–Crippen MR) is 149 cm³/mol. The fourth-order valence-electron chi connectivity index (χ4n) is 5.01. The van der Waals surface area contributed by atoms with E-state index in [0.717, 1.165) is 31.6 Å². The summed E-state index contributed by atoms with van der Waals surface area (Å²) < 4.78 is 0. The monoisotopic (exact) mass is 465 g/mol. The van der Waals surface area contributed by atoms with Gasteiger partial charge in [-0.3, -0.25) is 4.79 Å². The average molecular weight is 466 g/mol. The zero-order chi connectivity index (χ0) is 24.4. The molecule has 0 saturated heterocycles. The van der Waals surface area contributed by atoms with E-state index in [4.69, 9.17) is 0 Å². The van der Waals surface area contributed by atoms with E-state index in [-0.39, 0.29) is 0 Å². The van der Waals surface area contributed by atoms with Crippen molar-refractivity contribution in [1.29, 1.82) is 0 Å². The molecule has 2 nitrogen and oxygen atoms in total. The number of carbonyl (C=O) groups is 1. The van der Waals surface area contributed by atoms with Crippen LogP contribution in [0, 0.1) is 5.92 Å². The van der Waals surface area contributed by atoms with Crippen molar-refractivity contribution in [3.8, 4) is 0 Å². The fourth-order valence-corrected chi connectivity index (χ4v) is 5.01. The van der Waals surface area contributed by atoms with E-state index in [2.05, 4.69) is 32.8 Å². The summed E-state index contributed by atoms with van der Waals surface area (Å²) in [5.74, 6) is 1.50. The van der Waals surface area contributed by atoms with Crippen molar-refractivity contribution in [2.24, 2.45) is 5.92 Å². The highest BCUT2D eigenvalue weighted by molar-refractivity contribution is 5.78. The van der Waals surface area contributed by atoms with E-state index in [1.165, 1.54) is 135 Å². The van der Waals surface area contributed by atoms with Crippen molar-refractivity contribution in [2.45, 2.75) is 168 Å². The van der Waals surface area contributed by atoms with E-state index in [9.17, 15) is 4.79 Å². The molecule has 0 aromatic carbocycles. The Morgan fingerprint density at radius 2 is 0.909 bits per heavy atom. The van der Waals surface area contributed by atoms with Crippen molar-refractivity contribution in [3.05, 3.63) is 0 Å². The Labute approximate surface area is 210 Å². The highest BCUT2D eigenvalue weighted by Gasteiger charge is 2.08. The summed E-state index contributed by atoms with van der Waals surface area (Å²) in [5, 5.41) is 0. The molecule has 1 unspecified atom stereocenters. The molecule has 0 bridgehead atoms. The van der Waals surface area contributed by atoms with Crippen LogP contribution in [-0.4, -0.2) is 31.3 Å². The maximum absolute atomic E-state index is 11.9. The summed E-state index contributed by atoms with van der Waals surface area (Å²) in [6.45, 7) is 5.82. The van der Waals surface area contributed by atoms with Gasteiger partial charge in [0.25, 0.3) is 0 Å². The Balaban J connectivity index is 3.50. The van der Waals surface area contributed by atoms with E-state index < -0.39 is 0 Å². The van der Waals surface area contributed by atoms with Gasteiger partial charge in [-0.25, -0.2) is 0 Å². The first-order valence-electron chi connectivity index (χ1n) is 15.3. The van der Waals surface area contributed by atoms with Gasteiger partial charge in [-0.1, -0.05) is 136 Å². The van der Waals surface area contributed by atoms with Crippen molar-refractivity contribution in [1.82, 2.24) is 4.90 Å². The Bertz CT molecular complexity index is 392. The van der Waals surface area contributed by atoms with Crippen LogP contribution < -0.4 is 0 Å². The number of nitrogens with zero attached hydrogens (tertiary/aromatic N) is 1. The second-order valence-corrected chi connectivity index (χ2v) is 11.1. The minimum atomic E-state index is 0.511. The third-order valence-corrected chi connectivity index (χ3v) is 7.31. The van der Waals surface area contributed by atoms with E-state index in [1.807, 2.05) is 0 Å². The third-order valence-electron chi connectivity index (χ3n) is 7.31. The summed E-state index contributed by atoms with van der Waals surface area (Å²) in [6.07, 6.45) is 31.6. The molecule has 0 aliphatic rings. The standard InChI is InChI=1S/C31H63NO/c1-5-7-9-15-21-27-31(33)28-22-17-14-12-10-11-13-16-19-25-30(24-8-6-2)26-20-18-23-29-32(3)4/h30H,5-29H2,1-4H3. The van der Waals surface area contributed by atoms with Gasteiger partial charge in [0.15, 0.2) is 0 Å². The number of ketones is 1. The van der Waals surface area contributed by atoms with Crippen molar-refractivity contribution >= 4 is 5.78 Å². The van der Waals surface area contributed by atoms with Crippen LogP contribution in [0.1, 0.15) is 168 Å². The molecule has 0 aliphatic heterocycles. The number of rotatable bonds is 27. The summed E-state index contributed by atoms with van der Waals surface area (Å²) in [6, 6.07) is 0. The van der Waals surface area contributed by atoms with Gasteiger partial charge in [-0.15, -0.1) is 0 Å². The molecule has 0 fully saturated rings. The van der Waals surface area contributed by atoms with Crippen LogP contribution in [0.2, 0.25) is 0 Å². The lowest BCUT2D eigenvalue weighted by Crippen LogP contribution is -2.12. The Hall–Kier alpha value is -0.370. The summed E-state index contributed by atoms with van der Waals surface area (Å²) in [5.41, 5.74) is 0. The Kier molecular flexibility index (Phi) is 25.9. The van der Waals surface area contributed by atoms with Crippen molar-refractivity contribution in [3.63, 3.8) is 0 Å². The summed E-state index contributed by atoms with van der Waals surface area (Å²) >= 11 is 0. The van der Waals surface area contributed by atoms with E-state index >= 15 is 0 Å². The average Bonchev–Trinajstić information content (AvgIpc) is 2.79. The van der Waals surface area contributed by atoms with Gasteiger partial charge in [-0.2, -0.15) is 0 Å². The van der Waals surface area contributed by atoms with Crippen LogP contribution in [-0.2, 0) is 4.79 Å². The molecule has 1 atom stereocenters. The Morgan fingerprint density at radius 1 is 0.515 bits per heavy atom. The number of hydrogen-bond donors (Lipinski definition) is 0.